The standard InChI is InChI=1S/C5H10O2.2H3N/c1-3-4-7-5(2)6;;/h3-4H2,1-2H3;2*1H3. The lowest BCUT2D eigenvalue weighted by Crippen LogP contribution is -1.98. The molecule has 0 aromatic rings. The second-order valence-corrected chi connectivity index (χ2v) is 1.34. The van der Waals surface area contributed by atoms with Gasteiger partial charge >= 0.3 is 5.97 Å². The lowest BCUT2D eigenvalue weighted by Gasteiger charge is -1.93. The molecule has 0 aromatic heterocycles. The van der Waals surface area contributed by atoms with Gasteiger partial charge in [-0.15, -0.1) is 0 Å². The van der Waals surface area contributed by atoms with Gasteiger partial charge in [-0.25, -0.2) is 0 Å². The largest absolute Gasteiger partial charge is 0.466 e. The summed E-state index contributed by atoms with van der Waals surface area (Å²) in [6.07, 6.45) is 0.902. The fourth-order valence-electron chi connectivity index (χ4n) is 0.246. The van der Waals surface area contributed by atoms with Crippen molar-refractivity contribution in [1.82, 2.24) is 12.3 Å². The Morgan fingerprint density at radius 2 is 1.89 bits per heavy atom. The van der Waals surface area contributed by atoms with Crippen molar-refractivity contribution < 1.29 is 9.53 Å². The fraction of sp³-hybridized carbons (Fsp3) is 0.800. The van der Waals surface area contributed by atoms with Crippen molar-refractivity contribution in [3.8, 4) is 0 Å². The molecule has 6 N–H and O–H groups in total. The van der Waals surface area contributed by atoms with Crippen LogP contribution in [0.5, 0.6) is 0 Å². The van der Waals surface area contributed by atoms with Crippen LogP contribution in [0.2, 0.25) is 0 Å². The van der Waals surface area contributed by atoms with Crippen LogP contribution in [0.3, 0.4) is 0 Å². The lowest BCUT2D eigenvalue weighted by molar-refractivity contribution is -0.140. The lowest BCUT2D eigenvalue weighted by atomic mass is 10.5. The van der Waals surface area contributed by atoms with E-state index in [0.717, 1.165) is 6.42 Å². The van der Waals surface area contributed by atoms with E-state index >= 15 is 0 Å². The maximum absolute atomic E-state index is 9.98. The van der Waals surface area contributed by atoms with Crippen LogP contribution in [-0.2, 0) is 9.53 Å². The molecule has 0 aliphatic heterocycles. The van der Waals surface area contributed by atoms with Crippen LogP contribution in [0.15, 0.2) is 0 Å². The Kier molecular flexibility index (Phi) is 18.2. The van der Waals surface area contributed by atoms with E-state index in [1.54, 1.807) is 0 Å². The zero-order chi connectivity index (χ0) is 5.70. The average molecular weight is 136 g/mol. The van der Waals surface area contributed by atoms with Gasteiger partial charge in [-0.2, -0.15) is 0 Å². The Morgan fingerprint density at radius 3 is 2.00 bits per heavy atom. The van der Waals surface area contributed by atoms with Crippen molar-refractivity contribution >= 4 is 5.97 Å². The first-order chi connectivity index (χ1) is 3.27. The molecule has 0 saturated carbocycles. The molecule has 0 saturated heterocycles. The second-order valence-electron chi connectivity index (χ2n) is 1.34. The predicted octanol–water partition coefficient (Wildman–Crippen LogP) is 1.28. The first kappa shape index (κ1) is 15.8. The van der Waals surface area contributed by atoms with Gasteiger partial charge in [0.1, 0.15) is 0 Å². The highest BCUT2D eigenvalue weighted by atomic mass is 16.5. The minimum absolute atomic E-state index is 0. The van der Waals surface area contributed by atoms with Crippen molar-refractivity contribution in [2.75, 3.05) is 6.61 Å². The van der Waals surface area contributed by atoms with Crippen molar-refractivity contribution in [1.29, 1.82) is 0 Å². The first-order valence-electron chi connectivity index (χ1n) is 2.40. The first-order valence-corrected chi connectivity index (χ1v) is 2.40. The van der Waals surface area contributed by atoms with Crippen molar-refractivity contribution in [2.24, 2.45) is 0 Å². The smallest absolute Gasteiger partial charge is 0.302 e. The van der Waals surface area contributed by atoms with Gasteiger partial charge in [0, 0.05) is 6.92 Å². The summed E-state index contributed by atoms with van der Waals surface area (Å²) in [5, 5.41) is 0. The van der Waals surface area contributed by atoms with Gasteiger partial charge in [-0.05, 0) is 6.42 Å². The summed E-state index contributed by atoms with van der Waals surface area (Å²) < 4.78 is 4.55. The number of hydrogen-bond donors (Lipinski definition) is 2. The van der Waals surface area contributed by atoms with E-state index in [1.807, 2.05) is 6.92 Å². The third-order valence-electron chi connectivity index (χ3n) is 0.509. The molecule has 0 aliphatic rings. The minimum atomic E-state index is -0.193. The minimum Gasteiger partial charge on any atom is -0.466 e. The highest BCUT2D eigenvalue weighted by molar-refractivity contribution is 5.65. The Morgan fingerprint density at radius 1 is 1.44 bits per heavy atom. The van der Waals surface area contributed by atoms with Gasteiger partial charge < -0.3 is 17.0 Å². The Bertz CT molecular complexity index is 66.0. The molecule has 0 rings (SSSR count). The Hall–Kier alpha value is -0.610. The fourth-order valence-corrected chi connectivity index (χ4v) is 0.246. The van der Waals surface area contributed by atoms with Gasteiger partial charge in [-0.3, -0.25) is 4.79 Å². The molecule has 9 heavy (non-hydrogen) atoms. The highest BCUT2D eigenvalue weighted by Crippen LogP contribution is 1.78. The number of rotatable bonds is 2. The van der Waals surface area contributed by atoms with Gasteiger partial charge in [0.2, 0.25) is 0 Å². The van der Waals surface area contributed by atoms with E-state index in [9.17, 15) is 4.79 Å². The third-order valence-corrected chi connectivity index (χ3v) is 0.509. The zero-order valence-electron chi connectivity index (χ0n) is 6.14. The molecule has 0 amide bonds. The van der Waals surface area contributed by atoms with Crippen molar-refractivity contribution in [2.45, 2.75) is 20.3 Å². The number of carbonyl (C=O) groups excluding carboxylic acids is 1. The third kappa shape index (κ3) is 18.7. The van der Waals surface area contributed by atoms with Crippen LogP contribution in [0.25, 0.3) is 0 Å². The van der Waals surface area contributed by atoms with Crippen LogP contribution < -0.4 is 12.3 Å². The normalized spacial score (nSPS) is 6.44. The molecule has 0 atom stereocenters. The van der Waals surface area contributed by atoms with E-state index in [0.29, 0.717) is 6.61 Å². The molecule has 0 aromatic carbocycles. The molecule has 0 unspecified atom stereocenters. The summed E-state index contributed by atoms with van der Waals surface area (Å²) >= 11 is 0. The maximum atomic E-state index is 9.98. The molecule has 0 spiro atoms. The maximum Gasteiger partial charge on any atom is 0.302 e. The monoisotopic (exact) mass is 136 g/mol. The molecule has 0 bridgehead atoms. The molecular formula is C5H16N2O2. The second kappa shape index (κ2) is 10.4. The molecule has 4 nitrogen and oxygen atoms in total. The van der Waals surface area contributed by atoms with Gasteiger partial charge in [0.15, 0.2) is 0 Å². The summed E-state index contributed by atoms with van der Waals surface area (Å²) in [4.78, 5) is 9.98. The van der Waals surface area contributed by atoms with Crippen molar-refractivity contribution in [3.63, 3.8) is 0 Å². The van der Waals surface area contributed by atoms with E-state index in [-0.39, 0.29) is 18.3 Å². The Labute approximate surface area is 55.7 Å². The van der Waals surface area contributed by atoms with Crippen LogP contribution in [0, 0.1) is 0 Å². The molecule has 0 aliphatic carbocycles. The summed E-state index contributed by atoms with van der Waals surface area (Å²) in [6.45, 7) is 3.92. The average Bonchev–Trinajstić information content (AvgIpc) is 1.61. The summed E-state index contributed by atoms with van der Waals surface area (Å²) in [5.74, 6) is -0.193. The molecule has 4 heteroatoms. The molecular weight excluding hydrogens is 120 g/mol. The van der Waals surface area contributed by atoms with Crippen LogP contribution in [0.4, 0.5) is 0 Å². The van der Waals surface area contributed by atoms with Gasteiger partial charge in [-0.1, -0.05) is 6.92 Å². The van der Waals surface area contributed by atoms with Crippen LogP contribution in [0.1, 0.15) is 20.3 Å². The summed E-state index contributed by atoms with van der Waals surface area (Å²) in [7, 11) is 0. The van der Waals surface area contributed by atoms with Crippen LogP contribution in [-0.4, -0.2) is 12.6 Å². The zero-order valence-corrected chi connectivity index (χ0v) is 6.14. The summed E-state index contributed by atoms with van der Waals surface area (Å²) in [5.41, 5.74) is 0. The number of carbonyl (C=O) groups is 1. The number of hydrogen-bond acceptors (Lipinski definition) is 4. The topological polar surface area (TPSA) is 96.3 Å². The van der Waals surface area contributed by atoms with E-state index in [1.165, 1.54) is 6.92 Å². The Balaban J connectivity index is -0.000000180. The summed E-state index contributed by atoms with van der Waals surface area (Å²) in [6, 6.07) is 0. The molecule has 58 valence electrons. The molecule has 0 radical (unpaired) electrons. The molecule has 0 fully saturated rings. The quantitative estimate of drug-likeness (QED) is 0.559. The van der Waals surface area contributed by atoms with E-state index in [2.05, 4.69) is 4.74 Å². The van der Waals surface area contributed by atoms with Gasteiger partial charge in [0.05, 0.1) is 6.61 Å². The van der Waals surface area contributed by atoms with Gasteiger partial charge in [0.25, 0.3) is 0 Å². The predicted molar refractivity (Wildman–Crippen MR) is 37.0 cm³/mol. The SMILES string of the molecule is CCCOC(C)=O.N.N. The van der Waals surface area contributed by atoms with E-state index < -0.39 is 0 Å². The van der Waals surface area contributed by atoms with Crippen molar-refractivity contribution in [3.05, 3.63) is 0 Å². The number of ether oxygens (including phenoxy) is 1. The van der Waals surface area contributed by atoms with E-state index in [4.69, 9.17) is 0 Å². The molecule has 0 heterocycles. The number of esters is 1. The van der Waals surface area contributed by atoms with Crippen LogP contribution >= 0.6 is 0 Å². The highest BCUT2D eigenvalue weighted by Gasteiger charge is 1.85.